The monoisotopic (exact) mass is 252 g/mol. The number of ether oxygens (including phenoxy) is 1. The van der Waals surface area contributed by atoms with Gasteiger partial charge in [0.15, 0.2) is 5.69 Å². The summed E-state index contributed by atoms with van der Waals surface area (Å²) in [6, 6.07) is 0. The SMILES string of the molecule is CN1CCOC(CNc2cncc(C(=O)O)n2)C1. The first-order valence-corrected chi connectivity index (χ1v) is 5.74. The van der Waals surface area contributed by atoms with E-state index in [-0.39, 0.29) is 11.8 Å². The normalized spacial score (nSPS) is 20.6. The molecule has 1 atom stereocenters. The molecule has 1 fully saturated rings. The van der Waals surface area contributed by atoms with Gasteiger partial charge in [-0.05, 0) is 7.05 Å². The number of carbonyl (C=O) groups is 1. The Hall–Kier alpha value is -1.73. The Morgan fingerprint density at radius 2 is 2.50 bits per heavy atom. The van der Waals surface area contributed by atoms with Crippen molar-refractivity contribution in [2.75, 3.05) is 38.6 Å². The molecule has 1 unspecified atom stereocenters. The summed E-state index contributed by atoms with van der Waals surface area (Å²) in [6.45, 7) is 3.08. The number of aromatic carboxylic acids is 1. The van der Waals surface area contributed by atoms with E-state index in [0.29, 0.717) is 19.0 Å². The van der Waals surface area contributed by atoms with Crippen molar-refractivity contribution in [1.29, 1.82) is 0 Å². The Morgan fingerprint density at radius 1 is 1.67 bits per heavy atom. The van der Waals surface area contributed by atoms with Gasteiger partial charge in [-0.3, -0.25) is 4.98 Å². The van der Waals surface area contributed by atoms with Crippen molar-refractivity contribution >= 4 is 11.8 Å². The van der Waals surface area contributed by atoms with Gasteiger partial charge in [0.05, 0.1) is 25.1 Å². The van der Waals surface area contributed by atoms with E-state index in [1.54, 1.807) is 0 Å². The van der Waals surface area contributed by atoms with Crippen molar-refractivity contribution in [1.82, 2.24) is 14.9 Å². The van der Waals surface area contributed by atoms with Gasteiger partial charge in [0.2, 0.25) is 0 Å². The average molecular weight is 252 g/mol. The van der Waals surface area contributed by atoms with Gasteiger partial charge in [-0.25, -0.2) is 9.78 Å². The first kappa shape index (κ1) is 12.7. The Morgan fingerprint density at radius 3 is 3.22 bits per heavy atom. The molecule has 0 bridgehead atoms. The maximum absolute atomic E-state index is 10.7. The second kappa shape index (κ2) is 5.74. The van der Waals surface area contributed by atoms with E-state index in [1.165, 1.54) is 12.4 Å². The van der Waals surface area contributed by atoms with Crippen molar-refractivity contribution in [2.45, 2.75) is 6.10 Å². The number of hydrogen-bond donors (Lipinski definition) is 2. The fourth-order valence-electron chi connectivity index (χ4n) is 1.76. The number of nitrogens with one attached hydrogen (secondary N) is 1. The Bertz CT molecular complexity index is 427. The van der Waals surface area contributed by atoms with Gasteiger partial charge in [-0.2, -0.15) is 0 Å². The van der Waals surface area contributed by atoms with E-state index in [4.69, 9.17) is 9.84 Å². The largest absolute Gasteiger partial charge is 0.476 e. The van der Waals surface area contributed by atoms with Crippen molar-refractivity contribution < 1.29 is 14.6 Å². The van der Waals surface area contributed by atoms with Crippen LogP contribution in [0.4, 0.5) is 5.82 Å². The van der Waals surface area contributed by atoms with E-state index >= 15 is 0 Å². The highest BCUT2D eigenvalue weighted by Crippen LogP contribution is 2.06. The number of likely N-dealkylation sites (N-methyl/N-ethyl adjacent to an activating group) is 1. The lowest BCUT2D eigenvalue weighted by atomic mass is 10.3. The minimum absolute atomic E-state index is 0.0679. The predicted octanol–water partition coefficient (Wildman–Crippen LogP) is -0.0827. The third-order valence-electron chi connectivity index (χ3n) is 2.71. The van der Waals surface area contributed by atoms with Crippen LogP contribution in [-0.4, -0.2) is 65.3 Å². The molecular weight excluding hydrogens is 236 g/mol. The second-order valence-corrected chi connectivity index (χ2v) is 4.23. The number of carboxylic acid groups (broad SMARTS) is 1. The Balaban J connectivity index is 1.89. The van der Waals surface area contributed by atoms with Crippen molar-refractivity contribution in [3.63, 3.8) is 0 Å². The molecule has 0 aliphatic carbocycles. The lowest BCUT2D eigenvalue weighted by Gasteiger charge is -2.30. The minimum Gasteiger partial charge on any atom is -0.476 e. The molecule has 1 aromatic rings. The number of carboxylic acids is 1. The summed E-state index contributed by atoms with van der Waals surface area (Å²) in [5.74, 6) is -0.633. The summed E-state index contributed by atoms with van der Waals surface area (Å²) in [7, 11) is 2.04. The maximum Gasteiger partial charge on any atom is 0.356 e. The molecule has 0 amide bonds. The molecule has 0 spiro atoms. The standard InChI is InChI=1S/C11H16N4O3/c1-15-2-3-18-8(7-15)4-13-10-6-12-5-9(14-10)11(16)17/h5-6,8H,2-4,7H2,1H3,(H,13,14)(H,16,17). The zero-order valence-electron chi connectivity index (χ0n) is 10.2. The van der Waals surface area contributed by atoms with Crippen molar-refractivity contribution in [3.8, 4) is 0 Å². The van der Waals surface area contributed by atoms with Crippen molar-refractivity contribution in [2.24, 2.45) is 0 Å². The van der Waals surface area contributed by atoms with E-state index in [1.807, 2.05) is 7.05 Å². The number of morpholine rings is 1. The minimum atomic E-state index is -1.08. The summed E-state index contributed by atoms with van der Waals surface area (Å²) < 4.78 is 5.58. The number of hydrogen-bond acceptors (Lipinski definition) is 6. The third-order valence-corrected chi connectivity index (χ3v) is 2.71. The van der Waals surface area contributed by atoms with Gasteiger partial charge in [0.1, 0.15) is 5.82 Å². The molecule has 0 saturated carbocycles. The van der Waals surface area contributed by atoms with Crippen LogP contribution in [0.25, 0.3) is 0 Å². The highest BCUT2D eigenvalue weighted by atomic mass is 16.5. The van der Waals surface area contributed by atoms with Crippen LogP contribution in [0.15, 0.2) is 12.4 Å². The summed E-state index contributed by atoms with van der Waals surface area (Å²) in [6.07, 6.45) is 2.80. The topological polar surface area (TPSA) is 87.6 Å². The van der Waals surface area contributed by atoms with Crippen LogP contribution in [-0.2, 0) is 4.74 Å². The summed E-state index contributed by atoms with van der Waals surface area (Å²) in [5.41, 5.74) is -0.0679. The Kier molecular flexibility index (Phi) is 4.06. The molecule has 1 aromatic heterocycles. The first-order valence-electron chi connectivity index (χ1n) is 5.74. The molecule has 2 rings (SSSR count). The quantitative estimate of drug-likeness (QED) is 0.774. The smallest absolute Gasteiger partial charge is 0.356 e. The fourth-order valence-corrected chi connectivity index (χ4v) is 1.76. The van der Waals surface area contributed by atoms with Gasteiger partial charge >= 0.3 is 5.97 Å². The molecule has 7 nitrogen and oxygen atoms in total. The van der Waals surface area contributed by atoms with Crippen LogP contribution in [0.3, 0.4) is 0 Å². The van der Waals surface area contributed by atoms with E-state index in [2.05, 4.69) is 20.2 Å². The number of rotatable bonds is 4. The summed E-state index contributed by atoms with van der Waals surface area (Å²) in [4.78, 5) is 20.7. The van der Waals surface area contributed by atoms with Crippen LogP contribution in [0.1, 0.15) is 10.5 Å². The van der Waals surface area contributed by atoms with Crippen LogP contribution in [0.2, 0.25) is 0 Å². The first-order chi connectivity index (χ1) is 8.65. The molecule has 1 aliphatic rings. The highest BCUT2D eigenvalue weighted by Gasteiger charge is 2.17. The van der Waals surface area contributed by atoms with Crippen LogP contribution in [0.5, 0.6) is 0 Å². The van der Waals surface area contributed by atoms with E-state index in [9.17, 15) is 4.79 Å². The number of aromatic nitrogens is 2. The van der Waals surface area contributed by atoms with E-state index in [0.717, 1.165) is 13.1 Å². The molecule has 18 heavy (non-hydrogen) atoms. The molecule has 0 radical (unpaired) electrons. The fraction of sp³-hybridized carbons (Fsp3) is 0.545. The van der Waals surface area contributed by atoms with E-state index < -0.39 is 5.97 Å². The van der Waals surface area contributed by atoms with Gasteiger partial charge in [0.25, 0.3) is 0 Å². The summed E-state index contributed by atoms with van der Waals surface area (Å²) in [5, 5.41) is 11.8. The van der Waals surface area contributed by atoms with Gasteiger partial charge in [0, 0.05) is 19.6 Å². The molecule has 98 valence electrons. The van der Waals surface area contributed by atoms with Crippen LogP contribution >= 0.6 is 0 Å². The molecule has 7 heteroatoms. The number of anilines is 1. The van der Waals surface area contributed by atoms with Gasteiger partial charge in [-0.1, -0.05) is 0 Å². The van der Waals surface area contributed by atoms with Crippen LogP contribution in [0, 0.1) is 0 Å². The zero-order valence-corrected chi connectivity index (χ0v) is 10.2. The zero-order chi connectivity index (χ0) is 13.0. The molecular formula is C11H16N4O3. The lowest BCUT2D eigenvalue weighted by Crippen LogP contribution is -2.43. The second-order valence-electron chi connectivity index (χ2n) is 4.23. The highest BCUT2D eigenvalue weighted by molar-refractivity contribution is 5.85. The predicted molar refractivity (Wildman–Crippen MR) is 64.7 cm³/mol. The van der Waals surface area contributed by atoms with Crippen LogP contribution < -0.4 is 5.32 Å². The Labute approximate surface area is 105 Å². The van der Waals surface area contributed by atoms with Gasteiger partial charge in [-0.15, -0.1) is 0 Å². The average Bonchev–Trinajstić information content (AvgIpc) is 2.37. The van der Waals surface area contributed by atoms with Gasteiger partial charge < -0.3 is 20.1 Å². The summed E-state index contributed by atoms with van der Waals surface area (Å²) >= 11 is 0. The third kappa shape index (κ3) is 3.38. The molecule has 0 aromatic carbocycles. The molecule has 1 saturated heterocycles. The van der Waals surface area contributed by atoms with Crippen molar-refractivity contribution in [3.05, 3.63) is 18.1 Å². The molecule has 2 N–H and O–H groups in total. The maximum atomic E-state index is 10.7. The molecule has 2 heterocycles. The lowest BCUT2D eigenvalue weighted by molar-refractivity contribution is -0.0117. The number of nitrogens with zero attached hydrogens (tertiary/aromatic N) is 3. The molecule has 1 aliphatic heterocycles.